The highest BCUT2D eigenvalue weighted by atomic mass is 19.4. The standard InChI is InChI=1S/C22H20F4N4O/c23-17-10-13-4-1-2-5-14(13)11-18(17)29-8-3-6-15(12-29)30-9-7-16-19(21(30)31)27-28-20(16)22(24,25)26/h1-2,4-5,10-11,15H,3,6-9,12H2,(H,27,28). The lowest BCUT2D eigenvalue weighted by Crippen LogP contribution is -2.52. The van der Waals surface area contributed by atoms with Crippen LogP contribution in [0.3, 0.4) is 0 Å². The highest BCUT2D eigenvalue weighted by molar-refractivity contribution is 5.95. The molecule has 1 saturated heterocycles. The average Bonchev–Trinajstić information content (AvgIpc) is 3.19. The Morgan fingerprint density at radius 2 is 1.84 bits per heavy atom. The molecule has 1 N–H and O–H groups in total. The fraction of sp³-hybridized carbons (Fsp3) is 0.364. The number of aromatic amines is 1. The first-order valence-electron chi connectivity index (χ1n) is 10.2. The van der Waals surface area contributed by atoms with E-state index < -0.39 is 17.8 Å². The van der Waals surface area contributed by atoms with E-state index in [-0.39, 0.29) is 36.1 Å². The summed E-state index contributed by atoms with van der Waals surface area (Å²) < 4.78 is 54.2. The Bertz CT molecular complexity index is 1160. The van der Waals surface area contributed by atoms with E-state index in [9.17, 15) is 22.4 Å². The van der Waals surface area contributed by atoms with Gasteiger partial charge in [0.05, 0.1) is 5.69 Å². The van der Waals surface area contributed by atoms with Gasteiger partial charge in [-0.15, -0.1) is 0 Å². The molecule has 1 fully saturated rings. The summed E-state index contributed by atoms with van der Waals surface area (Å²) in [5.74, 6) is -0.826. The lowest BCUT2D eigenvalue weighted by Gasteiger charge is -2.41. The van der Waals surface area contributed by atoms with Crippen LogP contribution in [0.4, 0.5) is 23.2 Å². The maximum Gasteiger partial charge on any atom is 0.433 e. The molecule has 3 heterocycles. The van der Waals surface area contributed by atoms with Gasteiger partial charge < -0.3 is 9.80 Å². The van der Waals surface area contributed by atoms with E-state index >= 15 is 0 Å². The number of anilines is 1. The number of H-pyrrole nitrogens is 1. The summed E-state index contributed by atoms with van der Waals surface area (Å²) in [6.45, 7) is 1.26. The summed E-state index contributed by atoms with van der Waals surface area (Å²) in [4.78, 5) is 16.4. The Kier molecular flexibility index (Phi) is 4.64. The van der Waals surface area contributed by atoms with Gasteiger partial charge in [0.2, 0.25) is 0 Å². The first-order chi connectivity index (χ1) is 14.8. The van der Waals surface area contributed by atoms with Crippen molar-refractivity contribution in [2.75, 3.05) is 24.5 Å². The van der Waals surface area contributed by atoms with Gasteiger partial charge >= 0.3 is 6.18 Å². The number of nitrogens with one attached hydrogen (secondary N) is 1. The molecule has 5 nitrogen and oxygen atoms in total. The van der Waals surface area contributed by atoms with Crippen molar-refractivity contribution in [1.82, 2.24) is 15.1 Å². The Balaban J connectivity index is 1.40. The highest BCUT2D eigenvalue weighted by Crippen LogP contribution is 2.35. The van der Waals surface area contributed by atoms with Crippen LogP contribution >= 0.6 is 0 Å². The molecule has 2 aromatic carbocycles. The van der Waals surface area contributed by atoms with Crippen molar-refractivity contribution in [2.24, 2.45) is 0 Å². The van der Waals surface area contributed by atoms with Gasteiger partial charge in [0.1, 0.15) is 11.5 Å². The summed E-state index contributed by atoms with van der Waals surface area (Å²) in [6.07, 6.45) is -3.02. The number of amides is 1. The number of hydrogen-bond acceptors (Lipinski definition) is 3. The van der Waals surface area contributed by atoms with Gasteiger partial charge in [-0.1, -0.05) is 24.3 Å². The maximum atomic E-state index is 14.8. The number of halogens is 4. The predicted octanol–water partition coefficient (Wildman–Crippen LogP) is 4.39. The smallest absolute Gasteiger partial charge is 0.367 e. The van der Waals surface area contributed by atoms with Crippen LogP contribution in [0.1, 0.15) is 34.6 Å². The lowest BCUT2D eigenvalue weighted by atomic mass is 9.97. The minimum Gasteiger partial charge on any atom is -0.367 e. The zero-order valence-corrected chi connectivity index (χ0v) is 16.5. The summed E-state index contributed by atoms with van der Waals surface area (Å²) >= 11 is 0. The normalized spacial score (nSPS) is 19.7. The summed E-state index contributed by atoms with van der Waals surface area (Å²) in [6, 6.07) is 10.6. The molecule has 0 aliphatic carbocycles. The monoisotopic (exact) mass is 432 g/mol. The number of hydrogen-bond donors (Lipinski definition) is 1. The van der Waals surface area contributed by atoms with Gasteiger partial charge in [0.25, 0.3) is 5.91 Å². The molecular weight excluding hydrogens is 412 g/mol. The van der Waals surface area contributed by atoms with Gasteiger partial charge in [0, 0.05) is 31.2 Å². The Labute approximate surface area is 175 Å². The molecule has 31 heavy (non-hydrogen) atoms. The molecule has 9 heteroatoms. The second kappa shape index (κ2) is 7.25. The summed E-state index contributed by atoms with van der Waals surface area (Å²) in [5.41, 5.74) is -0.693. The minimum atomic E-state index is -4.57. The van der Waals surface area contributed by atoms with Crippen LogP contribution in [-0.4, -0.2) is 46.7 Å². The van der Waals surface area contributed by atoms with Crippen molar-refractivity contribution in [1.29, 1.82) is 0 Å². The predicted molar refractivity (Wildman–Crippen MR) is 107 cm³/mol. The molecule has 3 aromatic rings. The number of alkyl halides is 3. The zero-order valence-electron chi connectivity index (χ0n) is 16.5. The fourth-order valence-corrected chi connectivity index (χ4v) is 4.71. The van der Waals surface area contributed by atoms with Crippen LogP contribution in [0.2, 0.25) is 0 Å². The van der Waals surface area contributed by atoms with Crippen molar-refractivity contribution in [3.8, 4) is 0 Å². The molecule has 1 unspecified atom stereocenters. The fourth-order valence-electron chi connectivity index (χ4n) is 4.71. The van der Waals surface area contributed by atoms with E-state index in [4.69, 9.17) is 0 Å². The maximum absolute atomic E-state index is 14.8. The van der Waals surface area contributed by atoms with Gasteiger partial charge in [-0.3, -0.25) is 9.89 Å². The first-order valence-corrected chi connectivity index (χ1v) is 10.2. The molecule has 5 rings (SSSR count). The zero-order chi connectivity index (χ0) is 21.8. The van der Waals surface area contributed by atoms with Crippen molar-refractivity contribution in [2.45, 2.75) is 31.5 Å². The van der Waals surface area contributed by atoms with Crippen LogP contribution in [0, 0.1) is 5.82 Å². The molecular formula is C22H20F4N4O. The number of benzene rings is 2. The minimum absolute atomic E-state index is 0.0676. The second-order valence-electron chi connectivity index (χ2n) is 8.06. The van der Waals surface area contributed by atoms with Gasteiger partial charge in [-0.05, 0) is 42.2 Å². The molecule has 0 radical (unpaired) electrons. The Morgan fingerprint density at radius 3 is 2.58 bits per heavy atom. The lowest BCUT2D eigenvalue weighted by molar-refractivity contribution is -0.141. The molecule has 1 amide bonds. The number of nitrogens with zero attached hydrogens (tertiary/aromatic N) is 3. The average molecular weight is 432 g/mol. The third kappa shape index (κ3) is 3.41. The highest BCUT2D eigenvalue weighted by Gasteiger charge is 2.42. The third-order valence-corrected chi connectivity index (χ3v) is 6.21. The van der Waals surface area contributed by atoms with Gasteiger partial charge in [0.15, 0.2) is 5.69 Å². The third-order valence-electron chi connectivity index (χ3n) is 6.21. The van der Waals surface area contributed by atoms with Gasteiger partial charge in [-0.25, -0.2) is 4.39 Å². The van der Waals surface area contributed by atoms with E-state index in [0.717, 1.165) is 17.2 Å². The molecule has 1 atom stereocenters. The van der Waals surface area contributed by atoms with Crippen LogP contribution in [0.5, 0.6) is 0 Å². The number of piperidine rings is 1. The van der Waals surface area contributed by atoms with Crippen LogP contribution in [0.25, 0.3) is 10.8 Å². The summed E-state index contributed by atoms with van der Waals surface area (Å²) in [5, 5.41) is 7.39. The van der Waals surface area contributed by atoms with E-state index in [1.54, 1.807) is 4.90 Å². The van der Waals surface area contributed by atoms with Gasteiger partial charge in [-0.2, -0.15) is 18.3 Å². The number of aromatic nitrogens is 2. The van der Waals surface area contributed by atoms with Crippen LogP contribution < -0.4 is 4.90 Å². The van der Waals surface area contributed by atoms with E-state index in [1.165, 1.54) is 6.07 Å². The second-order valence-corrected chi connectivity index (χ2v) is 8.06. The van der Waals surface area contributed by atoms with Crippen molar-refractivity contribution in [3.05, 3.63) is 59.2 Å². The van der Waals surface area contributed by atoms with E-state index in [1.807, 2.05) is 40.3 Å². The Morgan fingerprint density at radius 1 is 1.10 bits per heavy atom. The van der Waals surface area contributed by atoms with Crippen LogP contribution in [-0.2, 0) is 12.6 Å². The largest absolute Gasteiger partial charge is 0.433 e. The van der Waals surface area contributed by atoms with Crippen molar-refractivity contribution >= 4 is 22.4 Å². The Hall–Kier alpha value is -3.10. The molecule has 1 aromatic heterocycles. The molecule has 0 spiro atoms. The molecule has 2 aliphatic heterocycles. The van der Waals surface area contributed by atoms with E-state index in [0.29, 0.717) is 25.2 Å². The molecule has 0 saturated carbocycles. The SMILES string of the molecule is O=C1c2n[nH]c(C(F)(F)F)c2CCN1C1CCCN(c2cc3ccccc3cc2F)C1. The summed E-state index contributed by atoms with van der Waals surface area (Å²) in [7, 11) is 0. The molecule has 2 aliphatic rings. The quantitative estimate of drug-likeness (QED) is 0.612. The first kappa shape index (κ1) is 19.8. The number of carbonyl (C=O) groups is 1. The molecule has 162 valence electrons. The van der Waals surface area contributed by atoms with Crippen molar-refractivity contribution in [3.63, 3.8) is 0 Å². The number of carbonyl (C=O) groups excluding carboxylic acids is 1. The van der Waals surface area contributed by atoms with Crippen molar-refractivity contribution < 1.29 is 22.4 Å². The molecule has 0 bridgehead atoms. The van der Waals surface area contributed by atoms with Crippen LogP contribution in [0.15, 0.2) is 36.4 Å². The topological polar surface area (TPSA) is 52.2 Å². The number of rotatable bonds is 2. The van der Waals surface area contributed by atoms with E-state index in [2.05, 4.69) is 5.10 Å². The number of fused-ring (bicyclic) bond motifs is 2.